The minimum Gasteiger partial charge on any atom is -0.339 e. The molecule has 21 heavy (non-hydrogen) atoms. The van der Waals surface area contributed by atoms with Gasteiger partial charge in [0.15, 0.2) is 0 Å². The number of para-hydroxylation sites is 1. The average Bonchev–Trinajstić information content (AvgIpc) is 2.89. The quantitative estimate of drug-likeness (QED) is 0.912. The van der Waals surface area contributed by atoms with Crippen molar-refractivity contribution in [3.8, 4) is 0 Å². The van der Waals surface area contributed by atoms with E-state index >= 15 is 0 Å². The molecule has 110 valence electrons. The first kappa shape index (κ1) is 14.1. The lowest BCUT2D eigenvalue weighted by atomic mass is 10.1. The van der Waals surface area contributed by atoms with Gasteiger partial charge in [-0.25, -0.2) is 4.39 Å². The highest BCUT2D eigenvalue weighted by Gasteiger charge is 2.22. The summed E-state index contributed by atoms with van der Waals surface area (Å²) in [5.41, 5.74) is 4.08. The fourth-order valence-electron chi connectivity index (χ4n) is 2.79. The van der Waals surface area contributed by atoms with Crippen LogP contribution in [0, 0.1) is 5.82 Å². The molecule has 1 N–H and O–H groups in total. The summed E-state index contributed by atoms with van der Waals surface area (Å²) < 4.78 is 14.5. The van der Waals surface area contributed by atoms with Gasteiger partial charge in [0.1, 0.15) is 5.82 Å². The molecular weight excluding hydrogens is 263 g/mol. The maximum absolute atomic E-state index is 14.5. The van der Waals surface area contributed by atoms with Crippen molar-refractivity contribution in [3.05, 3.63) is 59.4 Å². The van der Waals surface area contributed by atoms with Crippen LogP contribution in [0.4, 0.5) is 15.8 Å². The molecule has 2 aromatic carbocycles. The van der Waals surface area contributed by atoms with Gasteiger partial charge >= 0.3 is 0 Å². The summed E-state index contributed by atoms with van der Waals surface area (Å²) >= 11 is 0. The SMILES string of the molecule is CC(C)NCc1ccc(N2CCc3ccccc32)c(F)c1. The molecule has 0 radical (unpaired) electrons. The van der Waals surface area contributed by atoms with Gasteiger partial charge in [0, 0.05) is 24.8 Å². The summed E-state index contributed by atoms with van der Waals surface area (Å²) in [7, 11) is 0. The van der Waals surface area contributed by atoms with E-state index in [2.05, 4.69) is 36.2 Å². The molecule has 2 aromatic rings. The fraction of sp³-hybridized carbons (Fsp3) is 0.333. The van der Waals surface area contributed by atoms with E-state index < -0.39 is 0 Å². The van der Waals surface area contributed by atoms with Crippen LogP contribution >= 0.6 is 0 Å². The molecular formula is C18H21FN2. The van der Waals surface area contributed by atoms with Crippen molar-refractivity contribution in [2.24, 2.45) is 0 Å². The Labute approximate surface area is 125 Å². The third-order valence-electron chi connectivity index (χ3n) is 3.90. The maximum Gasteiger partial charge on any atom is 0.147 e. The molecule has 0 aromatic heterocycles. The molecule has 0 saturated carbocycles. The Balaban J connectivity index is 1.84. The lowest BCUT2D eigenvalue weighted by molar-refractivity contribution is 0.581. The Bertz CT molecular complexity index is 637. The third kappa shape index (κ3) is 2.93. The van der Waals surface area contributed by atoms with Crippen LogP contribution in [-0.2, 0) is 13.0 Å². The van der Waals surface area contributed by atoms with Crippen LogP contribution in [0.3, 0.4) is 0 Å². The van der Waals surface area contributed by atoms with Gasteiger partial charge in [-0.3, -0.25) is 0 Å². The zero-order valence-electron chi connectivity index (χ0n) is 12.6. The normalized spacial score (nSPS) is 13.8. The Hall–Kier alpha value is -1.87. The smallest absolute Gasteiger partial charge is 0.147 e. The predicted molar refractivity (Wildman–Crippen MR) is 85.5 cm³/mol. The second-order valence-electron chi connectivity index (χ2n) is 5.85. The minimum absolute atomic E-state index is 0.144. The number of benzene rings is 2. The molecule has 1 aliphatic rings. The van der Waals surface area contributed by atoms with E-state index in [0.29, 0.717) is 18.3 Å². The molecule has 1 heterocycles. The molecule has 2 nitrogen and oxygen atoms in total. The number of anilines is 2. The van der Waals surface area contributed by atoms with Gasteiger partial charge in [0.05, 0.1) is 5.69 Å². The molecule has 0 spiro atoms. The van der Waals surface area contributed by atoms with Crippen molar-refractivity contribution in [2.75, 3.05) is 11.4 Å². The lowest BCUT2D eigenvalue weighted by Gasteiger charge is -2.21. The topological polar surface area (TPSA) is 15.3 Å². The molecule has 0 atom stereocenters. The lowest BCUT2D eigenvalue weighted by Crippen LogP contribution is -2.22. The second kappa shape index (κ2) is 5.86. The highest BCUT2D eigenvalue weighted by molar-refractivity contribution is 5.70. The largest absolute Gasteiger partial charge is 0.339 e. The first-order valence-electron chi connectivity index (χ1n) is 7.52. The Morgan fingerprint density at radius 3 is 2.71 bits per heavy atom. The highest BCUT2D eigenvalue weighted by Crippen LogP contribution is 2.35. The number of nitrogens with zero attached hydrogens (tertiary/aromatic N) is 1. The van der Waals surface area contributed by atoms with E-state index in [1.54, 1.807) is 6.07 Å². The number of fused-ring (bicyclic) bond motifs is 1. The van der Waals surface area contributed by atoms with E-state index in [1.807, 2.05) is 24.3 Å². The van der Waals surface area contributed by atoms with E-state index in [1.165, 1.54) is 5.56 Å². The molecule has 0 saturated heterocycles. The molecule has 0 unspecified atom stereocenters. The van der Waals surface area contributed by atoms with Crippen LogP contribution in [0.5, 0.6) is 0 Å². The summed E-state index contributed by atoms with van der Waals surface area (Å²) in [6, 6.07) is 14.2. The van der Waals surface area contributed by atoms with Crippen molar-refractivity contribution in [1.29, 1.82) is 0 Å². The standard InChI is InChI=1S/C18H21FN2/c1-13(2)20-12-14-7-8-18(16(19)11-14)21-10-9-15-5-3-4-6-17(15)21/h3-8,11,13,20H,9-10,12H2,1-2H3. The van der Waals surface area contributed by atoms with E-state index in [0.717, 1.165) is 24.2 Å². The van der Waals surface area contributed by atoms with Gasteiger partial charge in [-0.1, -0.05) is 38.1 Å². The predicted octanol–water partition coefficient (Wildman–Crippen LogP) is 4.02. The molecule has 1 aliphatic heterocycles. The first-order chi connectivity index (χ1) is 10.1. The van der Waals surface area contributed by atoms with E-state index in [-0.39, 0.29) is 5.82 Å². The van der Waals surface area contributed by atoms with Crippen LogP contribution in [0.25, 0.3) is 0 Å². The number of hydrogen-bond donors (Lipinski definition) is 1. The van der Waals surface area contributed by atoms with Gasteiger partial charge in [-0.15, -0.1) is 0 Å². The van der Waals surface area contributed by atoms with Gasteiger partial charge in [0.2, 0.25) is 0 Å². The molecule has 3 rings (SSSR count). The Kier molecular flexibility index (Phi) is 3.93. The zero-order valence-corrected chi connectivity index (χ0v) is 12.6. The van der Waals surface area contributed by atoms with Crippen LogP contribution < -0.4 is 10.2 Å². The van der Waals surface area contributed by atoms with Crippen molar-refractivity contribution in [2.45, 2.75) is 32.9 Å². The van der Waals surface area contributed by atoms with Crippen molar-refractivity contribution in [1.82, 2.24) is 5.32 Å². The van der Waals surface area contributed by atoms with Gasteiger partial charge < -0.3 is 10.2 Å². The third-order valence-corrected chi connectivity index (χ3v) is 3.90. The summed E-state index contributed by atoms with van der Waals surface area (Å²) in [6.07, 6.45) is 0.978. The first-order valence-corrected chi connectivity index (χ1v) is 7.52. The summed E-state index contributed by atoms with van der Waals surface area (Å²) in [4.78, 5) is 2.07. The minimum atomic E-state index is -0.144. The summed E-state index contributed by atoms with van der Waals surface area (Å²) in [5.74, 6) is -0.144. The van der Waals surface area contributed by atoms with E-state index in [4.69, 9.17) is 0 Å². The number of halogens is 1. The average molecular weight is 284 g/mol. The van der Waals surface area contributed by atoms with Crippen LogP contribution in [0.1, 0.15) is 25.0 Å². The summed E-state index contributed by atoms with van der Waals surface area (Å²) in [5, 5.41) is 3.31. The van der Waals surface area contributed by atoms with Crippen molar-refractivity contribution < 1.29 is 4.39 Å². The van der Waals surface area contributed by atoms with Crippen LogP contribution in [-0.4, -0.2) is 12.6 Å². The van der Waals surface area contributed by atoms with Gasteiger partial charge in [0.25, 0.3) is 0 Å². The monoisotopic (exact) mass is 284 g/mol. The van der Waals surface area contributed by atoms with Crippen molar-refractivity contribution in [3.63, 3.8) is 0 Å². The van der Waals surface area contributed by atoms with Crippen LogP contribution in [0.2, 0.25) is 0 Å². The highest BCUT2D eigenvalue weighted by atomic mass is 19.1. The molecule has 0 fully saturated rings. The zero-order chi connectivity index (χ0) is 14.8. The number of hydrogen-bond acceptors (Lipinski definition) is 2. The Morgan fingerprint density at radius 1 is 1.14 bits per heavy atom. The molecule has 0 bridgehead atoms. The van der Waals surface area contributed by atoms with E-state index in [9.17, 15) is 4.39 Å². The molecule has 0 amide bonds. The number of rotatable bonds is 4. The van der Waals surface area contributed by atoms with Crippen molar-refractivity contribution >= 4 is 11.4 Å². The van der Waals surface area contributed by atoms with Gasteiger partial charge in [-0.05, 0) is 35.7 Å². The van der Waals surface area contributed by atoms with Gasteiger partial charge in [-0.2, -0.15) is 0 Å². The molecule has 0 aliphatic carbocycles. The molecule has 3 heteroatoms. The Morgan fingerprint density at radius 2 is 1.95 bits per heavy atom. The fourth-order valence-corrected chi connectivity index (χ4v) is 2.79. The summed E-state index contributed by atoms with van der Waals surface area (Å²) in [6.45, 7) is 5.73. The second-order valence-corrected chi connectivity index (χ2v) is 5.85. The maximum atomic E-state index is 14.5. The van der Waals surface area contributed by atoms with Crippen LogP contribution in [0.15, 0.2) is 42.5 Å². The number of nitrogens with one attached hydrogen (secondary N) is 1.